The summed E-state index contributed by atoms with van der Waals surface area (Å²) in [5.41, 5.74) is 2.58. The summed E-state index contributed by atoms with van der Waals surface area (Å²) in [6.07, 6.45) is 1.17. The molecule has 74 valence electrons. The van der Waals surface area contributed by atoms with Gasteiger partial charge in [-0.2, -0.15) is 0 Å². The van der Waals surface area contributed by atoms with Crippen LogP contribution in [0.1, 0.15) is 25.0 Å². The van der Waals surface area contributed by atoms with Gasteiger partial charge in [0.1, 0.15) is 0 Å². The highest BCUT2D eigenvalue weighted by molar-refractivity contribution is 9.09. The van der Waals surface area contributed by atoms with E-state index in [1.54, 1.807) is 0 Å². The first-order valence-corrected chi connectivity index (χ1v) is 6.07. The Morgan fingerprint density at radius 1 is 1.36 bits per heavy atom. The molecule has 0 saturated heterocycles. The normalized spacial score (nSPS) is 13.3. The highest BCUT2D eigenvalue weighted by atomic mass is 79.9. The topological polar surface area (TPSA) is 15.8 Å². The molecule has 1 unspecified atom stereocenters. The van der Waals surface area contributed by atoms with Gasteiger partial charge < -0.3 is 4.98 Å². The van der Waals surface area contributed by atoms with Crippen LogP contribution in [0.2, 0.25) is 0 Å². The van der Waals surface area contributed by atoms with Crippen LogP contribution in [0.3, 0.4) is 0 Å². The molecule has 2 aromatic rings. The molecule has 0 aliphatic carbocycles. The number of hydrogen-bond acceptors (Lipinski definition) is 0. The predicted molar refractivity (Wildman–Crippen MR) is 65.1 cm³/mol. The van der Waals surface area contributed by atoms with Crippen LogP contribution < -0.4 is 0 Å². The third kappa shape index (κ3) is 1.85. The molecule has 1 atom stereocenters. The van der Waals surface area contributed by atoms with Crippen LogP contribution in [0.5, 0.6) is 0 Å². The van der Waals surface area contributed by atoms with Crippen molar-refractivity contribution in [2.75, 3.05) is 5.33 Å². The van der Waals surface area contributed by atoms with Gasteiger partial charge in [0.2, 0.25) is 0 Å². The van der Waals surface area contributed by atoms with Crippen molar-refractivity contribution in [3.8, 4) is 0 Å². The first-order valence-electron chi connectivity index (χ1n) is 4.95. The molecular weight excluding hydrogens is 238 g/mol. The van der Waals surface area contributed by atoms with E-state index in [0.717, 1.165) is 5.33 Å². The van der Waals surface area contributed by atoms with Crippen LogP contribution in [0.15, 0.2) is 30.3 Å². The number of rotatable bonds is 3. The molecule has 0 saturated carbocycles. The number of hydrogen-bond donors (Lipinski definition) is 1. The fourth-order valence-corrected chi connectivity index (χ4v) is 2.37. The SMILES string of the molecule is CC(CCBr)c1cc2ccccc2[nH]1. The molecule has 1 heterocycles. The molecule has 1 nitrogen and oxygen atoms in total. The number of benzene rings is 1. The third-order valence-corrected chi connectivity index (χ3v) is 3.08. The van der Waals surface area contributed by atoms with Crippen LogP contribution in [0.25, 0.3) is 10.9 Å². The Morgan fingerprint density at radius 2 is 2.14 bits per heavy atom. The minimum atomic E-state index is 0.599. The molecule has 0 bridgehead atoms. The Labute approximate surface area is 92.6 Å². The smallest absolute Gasteiger partial charge is 0.0456 e. The van der Waals surface area contributed by atoms with Crippen LogP contribution in [-0.2, 0) is 0 Å². The minimum Gasteiger partial charge on any atom is -0.358 e. The quantitative estimate of drug-likeness (QED) is 0.793. The number of fused-ring (bicyclic) bond motifs is 1. The van der Waals surface area contributed by atoms with Gasteiger partial charge in [-0.1, -0.05) is 41.1 Å². The molecule has 0 spiro atoms. The Morgan fingerprint density at radius 3 is 2.86 bits per heavy atom. The fourth-order valence-electron chi connectivity index (χ4n) is 1.68. The molecule has 0 aliphatic rings. The maximum absolute atomic E-state index is 3.48. The molecule has 2 rings (SSSR count). The van der Waals surface area contributed by atoms with Crippen LogP contribution in [0, 0.1) is 0 Å². The summed E-state index contributed by atoms with van der Waals surface area (Å²) in [7, 11) is 0. The van der Waals surface area contributed by atoms with Gasteiger partial charge in [0.15, 0.2) is 0 Å². The molecule has 0 aliphatic heterocycles. The summed E-state index contributed by atoms with van der Waals surface area (Å²) >= 11 is 3.48. The van der Waals surface area contributed by atoms with Crippen molar-refractivity contribution < 1.29 is 0 Å². The molecule has 1 aromatic heterocycles. The van der Waals surface area contributed by atoms with Crippen LogP contribution >= 0.6 is 15.9 Å². The second-order valence-corrected chi connectivity index (χ2v) is 4.48. The Kier molecular flexibility index (Phi) is 2.92. The Balaban J connectivity index is 2.35. The zero-order valence-corrected chi connectivity index (χ0v) is 9.84. The summed E-state index contributed by atoms with van der Waals surface area (Å²) < 4.78 is 0. The first kappa shape index (κ1) is 9.78. The van der Waals surface area contributed by atoms with Crippen molar-refractivity contribution in [1.29, 1.82) is 0 Å². The lowest BCUT2D eigenvalue weighted by Gasteiger charge is -2.05. The number of para-hydroxylation sites is 1. The second-order valence-electron chi connectivity index (χ2n) is 3.69. The van der Waals surface area contributed by atoms with Gasteiger partial charge in [0, 0.05) is 16.5 Å². The van der Waals surface area contributed by atoms with Gasteiger partial charge >= 0.3 is 0 Å². The van der Waals surface area contributed by atoms with E-state index in [0.29, 0.717) is 5.92 Å². The van der Waals surface area contributed by atoms with E-state index in [1.807, 2.05) is 0 Å². The van der Waals surface area contributed by atoms with Gasteiger partial charge in [-0.25, -0.2) is 0 Å². The molecule has 0 radical (unpaired) electrons. The van der Waals surface area contributed by atoms with Crippen molar-refractivity contribution in [1.82, 2.24) is 4.98 Å². The van der Waals surface area contributed by atoms with E-state index < -0.39 is 0 Å². The van der Waals surface area contributed by atoms with Crippen molar-refractivity contribution in [3.63, 3.8) is 0 Å². The second kappa shape index (κ2) is 4.18. The number of halogens is 1. The zero-order valence-electron chi connectivity index (χ0n) is 8.26. The summed E-state index contributed by atoms with van der Waals surface area (Å²) in [4.78, 5) is 3.46. The van der Waals surface area contributed by atoms with E-state index in [4.69, 9.17) is 0 Å². The highest BCUT2D eigenvalue weighted by Gasteiger charge is 2.07. The van der Waals surface area contributed by atoms with Crippen molar-refractivity contribution in [2.45, 2.75) is 19.3 Å². The lowest BCUT2D eigenvalue weighted by molar-refractivity contribution is 0.725. The van der Waals surface area contributed by atoms with E-state index in [2.05, 4.69) is 58.2 Å². The summed E-state index contributed by atoms with van der Waals surface area (Å²) in [6, 6.07) is 10.7. The van der Waals surface area contributed by atoms with Crippen molar-refractivity contribution >= 4 is 26.8 Å². The molecule has 1 aromatic carbocycles. The summed E-state index contributed by atoms with van der Waals surface area (Å²) in [5.74, 6) is 0.599. The monoisotopic (exact) mass is 251 g/mol. The standard InChI is InChI=1S/C12H14BrN/c1-9(6-7-13)12-8-10-4-2-3-5-11(10)14-12/h2-5,8-9,14H,6-7H2,1H3. The maximum Gasteiger partial charge on any atom is 0.0456 e. The Bertz CT molecular complexity index is 386. The number of aromatic amines is 1. The highest BCUT2D eigenvalue weighted by Crippen LogP contribution is 2.23. The summed E-state index contributed by atoms with van der Waals surface area (Å²) in [5, 5.41) is 2.37. The van der Waals surface area contributed by atoms with Gasteiger partial charge in [-0.3, -0.25) is 0 Å². The average molecular weight is 252 g/mol. The maximum atomic E-state index is 3.48. The lowest BCUT2D eigenvalue weighted by Crippen LogP contribution is -1.93. The van der Waals surface area contributed by atoms with Gasteiger partial charge in [-0.05, 0) is 29.9 Å². The van der Waals surface area contributed by atoms with Crippen LogP contribution in [0.4, 0.5) is 0 Å². The average Bonchev–Trinajstić information content (AvgIpc) is 2.61. The molecule has 0 amide bonds. The lowest BCUT2D eigenvalue weighted by atomic mass is 10.1. The molecule has 0 fully saturated rings. The van der Waals surface area contributed by atoms with E-state index >= 15 is 0 Å². The van der Waals surface area contributed by atoms with Gasteiger partial charge in [0.25, 0.3) is 0 Å². The van der Waals surface area contributed by atoms with Gasteiger partial charge in [-0.15, -0.1) is 0 Å². The number of alkyl halides is 1. The largest absolute Gasteiger partial charge is 0.358 e. The number of H-pyrrole nitrogens is 1. The Hall–Kier alpha value is -0.760. The third-order valence-electron chi connectivity index (χ3n) is 2.62. The molecule has 1 N–H and O–H groups in total. The predicted octanol–water partition coefficient (Wildman–Crippen LogP) is 4.06. The van der Waals surface area contributed by atoms with Crippen LogP contribution in [-0.4, -0.2) is 10.3 Å². The first-order chi connectivity index (χ1) is 6.81. The number of aromatic nitrogens is 1. The number of nitrogens with one attached hydrogen (secondary N) is 1. The molecule has 2 heteroatoms. The zero-order chi connectivity index (χ0) is 9.97. The summed E-state index contributed by atoms with van der Waals surface area (Å²) in [6.45, 7) is 2.26. The minimum absolute atomic E-state index is 0.599. The van der Waals surface area contributed by atoms with Crippen molar-refractivity contribution in [2.24, 2.45) is 0 Å². The fraction of sp³-hybridized carbons (Fsp3) is 0.333. The molecule has 14 heavy (non-hydrogen) atoms. The van der Waals surface area contributed by atoms with Crippen molar-refractivity contribution in [3.05, 3.63) is 36.0 Å². The molecular formula is C12H14BrN. The van der Waals surface area contributed by atoms with E-state index in [1.165, 1.54) is 23.0 Å². The van der Waals surface area contributed by atoms with E-state index in [9.17, 15) is 0 Å². The van der Waals surface area contributed by atoms with E-state index in [-0.39, 0.29) is 0 Å². The van der Waals surface area contributed by atoms with Gasteiger partial charge in [0.05, 0.1) is 0 Å².